The fourth-order valence-electron chi connectivity index (χ4n) is 0.317. The molecule has 0 saturated heterocycles. The second kappa shape index (κ2) is 4.17. The summed E-state index contributed by atoms with van der Waals surface area (Å²) in [5.74, 6) is 5.61. The van der Waals surface area contributed by atoms with E-state index < -0.39 is 0 Å². The molecule has 1 atom stereocenters. The van der Waals surface area contributed by atoms with Crippen LogP contribution in [0.4, 0.5) is 0 Å². The maximum Gasteiger partial charge on any atom is 0.0231 e. The van der Waals surface area contributed by atoms with Crippen LogP contribution in [-0.4, -0.2) is 6.04 Å². The van der Waals surface area contributed by atoms with Gasteiger partial charge in [0.2, 0.25) is 0 Å². The van der Waals surface area contributed by atoms with Crippen molar-refractivity contribution >= 4 is 0 Å². The van der Waals surface area contributed by atoms with Crippen LogP contribution in [0.1, 0.15) is 20.8 Å². The van der Waals surface area contributed by atoms with Crippen LogP contribution in [0.2, 0.25) is 0 Å². The fraction of sp³-hybridized carbons (Fsp3) is 0.500. The molecule has 9 heavy (non-hydrogen) atoms. The van der Waals surface area contributed by atoms with Gasteiger partial charge in [0.25, 0.3) is 0 Å². The van der Waals surface area contributed by atoms with Crippen molar-refractivity contribution < 1.29 is 0 Å². The van der Waals surface area contributed by atoms with Gasteiger partial charge < -0.3 is 5.73 Å². The lowest BCUT2D eigenvalue weighted by Gasteiger charge is -2.00. The molecule has 0 saturated carbocycles. The first-order valence-electron chi connectivity index (χ1n) is 3.03. The first-order chi connectivity index (χ1) is 4.18. The number of hydrogen-bond acceptors (Lipinski definition) is 1. The summed E-state index contributed by atoms with van der Waals surface area (Å²) in [4.78, 5) is 0. The Morgan fingerprint density at radius 1 is 1.67 bits per heavy atom. The van der Waals surface area contributed by atoms with E-state index in [-0.39, 0.29) is 6.04 Å². The summed E-state index contributed by atoms with van der Waals surface area (Å²) in [6.45, 7) is 5.74. The maximum absolute atomic E-state index is 5.54. The van der Waals surface area contributed by atoms with E-state index in [1.54, 1.807) is 0 Å². The molecule has 0 spiro atoms. The molecule has 50 valence electrons. The maximum atomic E-state index is 5.54. The molecule has 0 aromatic heterocycles. The molecule has 0 rings (SSSR count). The molecule has 0 aliphatic heterocycles. The van der Waals surface area contributed by atoms with Crippen molar-refractivity contribution in [3.8, 4) is 11.8 Å². The van der Waals surface area contributed by atoms with Crippen molar-refractivity contribution in [2.24, 2.45) is 5.73 Å². The highest BCUT2D eigenvalue weighted by molar-refractivity contribution is 5.21. The van der Waals surface area contributed by atoms with E-state index in [1.807, 2.05) is 26.8 Å². The third-order valence-electron chi connectivity index (χ3n) is 1.16. The summed E-state index contributed by atoms with van der Waals surface area (Å²) < 4.78 is 0. The zero-order valence-electron chi connectivity index (χ0n) is 6.23. The second-order valence-corrected chi connectivity index (χ2v) is 2.07. The van der Waals surface area contributed by atoms with Crippen LogP contribution in [0.25, 0.3) is 0 Å². The van der Waals surface area contributed by atoms with Gasteiger partial charge in [0.05, 0.1) is 0 Å². The van der Waals surface area contributed by atoms with Crippen LogP contribution in [0, 0.1) is 11.8 Å². The van der Waals surface area contributed by atoms with Crippen molar-refractivity contribution in [3.05, 3.63) is 11.6 Å². The van der Waals surface area contributed by atoms with Crippen LogP contribution in [0.15, 0.2) is 11.6 Å². The third kappa shape index (κ3) is 3.81. The summed E-state index contributed by atoms with van der Waals surface area (Å²) in [5.41, 5.74) is 6.67. The highest BCUT2D eigenvalue weighted by Crippen LogP contribution is 1.94. The van der Waals surface area contributed by atoms with Gasteiger partial charge in [0, 0.05) is 6.04 Å². The van der Waals surface area contributed by atoms with Crippen LogP contribution >= 0.6 is 0 Å². The average molecular weight is 123 g/mol. The van der Waals surface area contributed by atoms with Gasteiger partial charge in [-0.15, -0.1) is 5.92 Å². The molecule has 0 aliphatic carbocycles. The average Bonchev–Trinajstić information content (AvgIpc) is 1.82. The SMILES string of the molecule is CC#C/C=C(/C)C(C)N. The topological polar surface area (TPSA) is 26.0 Å². The minimum atomic E-state index is 0.130. The van der Waals surface area contributed by atoms with E-state index in [0.717, 1.165) is 5.57 Å². The fourth-order valence-corrected chi connectivity index (χ4v) is 0.317. The summed E-state index contributed by atoms with van der Waals surface area (Å²) in [5, 5.41) is 0. The van der Waals surface area contributed by atoms with Gasteiger partial charge in [-0.2, -0.15) is 0 Å². The summed E-state index contributed by atoms with van der Waals surface area (Å²) in [7, 11) is 0. The minimum Gasteiger partial charge on any atom is -0.324 e. The summed E-state index contributed by atoms with van der Waals surface area (Å²) >= 11 is 0. The van der Waals surface area contributed by atoms with E-state index >= 15 is 0 Å². The molecule has 0 aromatic rings. The Hall–Kier alpha value is -0.740. The van der Waals surface area contributed by atoms with Gasteiger partial charge >= 0.3 is 0 Å². The lowest BCUT2D eigenvalue weighted by atomic mass is 10.1. The van der Waals surface area contributed by atoms with E-state index in [9.17, 15) is 0 Å². The molecule has 0 aromatic carbocycles. The van der Waals surface area contributed by atoms with Crippen molar-refractivity contribution in [1.29, 1.82) is 0 Å². The van der Waals surface area contributed by atoms with E-state index in [1.165, 1.54) is 0 Å². The zero-order chi connectivity index (χ0) is 7.28. The third-order valence-corrected chi connectivity index (χ3v) is 1.16. The second-order valence-electron chi connectivity index (χ2n) is 2.07. The quantitative estimate of drug-likeness (QED) is 0.522. The van der Waals surface area contributed by atoms with Crippen LogP contribution in [0.5, 0.6) is 0 Å². The summed E-state index contributed by atoms with van der Waals surface area (Å²) in [6, 6.07) is 0.130. The first kappa shape index (κ1) is 8.26. The van der Waals surface area contributed by atoms with Gasteiger partial charge in [-0.3, -0.25) is 0 Å². The Balaban J connectivity index is 3.94. The Kier molecular flexibility index (Phi) is 3.83. The van der Waals surface area contributed by atoms with Crippen molar-refractivity contribution in [2.75, 3.05) is 0 Å². The molecule has 1 unspecified atom stereocenters. The molecule has 1 heteroatoms. The molecule has 0 aliphatic rings. The Morgan fingerprint density at radius 3 is 2.56 bits per heavy atom. The van der Waals surface area contributed by atoms with Crippen molar-refractivity contribution in [3.63, 3.8) is 0 Å². The van der Waals surface area contributed by atoms with Gasteiger partial charge in [-0.1, -0.05) is 5.92 Å². The van der Waals surface area contributed by atoms with Crippen molar-refractivity contribution in [1.82, 2.24) is 0 Å². The Morgan fingerprint density at radius 2 is 2.22 bits per heavy atom. The normalized spacial score (nSPS) is 14.0. The lowest BCUT2D eigenvalue weighted by Crippen LogP contribution is -2.15. The van der Waals surface area contributed by atoms with Crippen LogP contribution in [-0.2, 0) is 0 Å². The highest BCUT2D eigenvalue weighted by Gasteiger charge is 1.91. The number of hydrogen-bond donors (Lipinski definition) is 1. The number of nitrogens with two attached hydrogens (primary N) is 1. The predicted molar refractivity (Wildman–Crippen MR) is 40.9 cm³/mol. The molecular weight excluding hydrogens is 110 g/mol. The largest absolute Gasteiger partial charge is 0.324 e. The number of allylic oxidation sites excluding steroid dienone is 1. The molecular formula is C8H13N. The van der Waals surface area contributed by atoms with Crippen LogP contribution < -0.4 is 5.73 Å². The smallest absolute Gasteiger partial charge is 0.0231 e. The number of rotatable bonds is 1. The zero-order valence-corrected chi connectivity index (χ0v) is 6.23. The molecule has 0 fully saturated rings. The Bertz CT molecular complexity index is 155. The molecule has 2 N–H and O–H groups in total. The van der Waals surface area contributed by atoms with Crippen molar-refractivity contribution in [2.45, 2.75) is 26.8 Å². The standard InChI is InChI=1S/C8H13N/c1-4-5-6-7(2)8(3)9/h6,8H,9H2,1-3H3/b7-6-. The molecule has 0 amide bonds. The van der Waals surface area contributed by atoms with Gasteiger partial charge in [0.1, 0.15) is 0 Å². The van der Waals surface area contributed by atoms with Gasteiger partial charge in [-0.05, 0) is 32.4 Å². The minimum absolute atomic E-state index is 0.130. The molecule has 0 heterocycles. The highest BCUT2D eigenvalue weighted by atomic mass is 14.6. The summed E-state index contributed by atoms with van der Waals surface area (Å²) in [6.07, 6.45) is 1.85. The molecule has 0 bridgehead atoms. The van der Waals surface area contributed by atoms with Gasteiger partial charge in [0.15, 0.2) is 0 Å². The van der Waals surface area contributed by atoms with Gasteiger partial charge in [-0.25, -0.2) is 0 Å². The molecule has 1 nitrogen and oxygen atoms in total. The first-order valence-corrected chi connectivity index (χ1v) is 3.03. The molecule has 0 radical (unpaired) electrons. The lowest BCUT2D eigenvalue weighted by molar-refractivity contribution is 0.862. The monoisotopic (exact) mass is 123 g/mol. The predicted octanol–water partition coefficient (Wildman–Crippen LogP) is 1.30. The van der Waals surface area contributed by atoms with E-state index in [4.69, 9.17) is 5.73 Å². The van der Waals surface area contributed by atoms with Crippen LogP contribution in [0.3, 0.4) is 0 Å². The Labute approximate surface area is 56.9 Å². The van der Waals surface area contributed by atoms with E-state index in [0.29, 0.717) is 0 Å². The van der Waals surface area contributed by atoms with E-state index in [2.05, 4.69) is 11.8 Å².